The third-order valence-electron chi connectivity index (χ3n) is 1.63. The molecule has 0 aromatic heterocycles. The van der Waals surface area contributed by atoms with Gasteiger partial charge >= 0.3 is 9.17 Å². The fraction of sp³-hybridized carbons (Fsp3) is 0.500. The molecule has 0 saturated heterocycles. The lowest BCUT2D eigenvalue weighted by atomic mass is 11.3. The average Bonchev–Trinajstić information content (AvgIpc) is 2.24. The Morgan fingerprint density at radius 1 is 0.938 bits per heavy atom. The molecule has 0 fully saturated rings. The zero-order chi connectivity index (χ0) is 12.8. The molecule has 0 radical (unpaired) electrons. The maximum Gasteiger partial charge on any atom is 0.833 e. The fourth-order valence-electron chi connectivity index (χ4n) is 0.365. The van der Waals surface area contributed by atoms with Crippen molar-refractivity contribution >= 4 is 25.8 Å². The molecule has 0 saturated carbocycles. The molecule has 0 atom stereocenters. The topological polar surface area (TPSA) is 54.0 Å². The van der Waals surface area contributed by atoms with Crippen LogP contribution >= 0.6 is 0 Å². The summed E-state index contributed by atoms with van der Waals surface area (Å²) in [5.41, 5.74) is 3.32. The van der Waals surface area contributed by atoms with Crippen molar-refractivity contribution in [2.75, 3.05) is 0 Å². The van der Waals surface area contributed by atoms with Crippen LogP contribution in [0.15, 0.2) is 24.6 Å². The maximum atomic E-state index is 11.2. The summed E-state index contributed by atoms with van der Waals surface area (Å²) in [6.07, 6.45) is 0. The van der Waals surface area contributed by atoms with Crippen LogP contribution in [0.25, 0.3) is 0 Å². The summed E-state index contributed by atoms with van der Waals surface area (Å²) >= 11 is 0. The molecular formula is C8H18O5Si3. The predicted octanol–water partition coefficient (Wildman–Crippen LogP) is 2.16. The van der Waals surface area contributed by atoms with Gasteiger partial charge in [-0.2, -0.15) is 0 Å². The summed E-state index contributed by atoms with van der Waals surface area (Å²) in [5, 5.41) is 0. The lowest BCUT2D eigenvalue weighted by Crippen LogP contribution is -2.33. The molecule has 8 heteroatoms. The average molecular weight is 278 g/mol. The highest BCUT2D eigenvalue weighted by atomic mass is 28.4. The molecule has 0 heterocycles. The van der Waals surface area contributed by atoms with E-state index in [2.05, 4.69) is 22.3 Å². The van der Waals surface area contributed by atoms with Crippen LogP contribution in [0.5, 0.6) is 0 Å². The number of hydrogen-bond acceptors (Lipinski definition) is 5. The van der Waals surface area contributed by atoms with Gasteiger partial charge in [0.05, 0.1) is 0 Å². The van der Waals surface area contributed by atoms with Crippen molar-refractivity contribution in [1.29, 1.82) is 0 Å². The summed E-state index contributed by atoms with van der Waals surface area (Å²) in [4.78, 5) is 0. The van der Waals surface area contributed by atoms with Gasteiger partial charge in [-0.25, -0.2) is 9.15 Å². The highest BCUT2D eigenvalue weighted by Gasteiger charge is 2.28. The van der Waals surface area contributed by atoms with Crippen molar-refractivity contribution < 1.29 is 22.8 Å². The molecule has 0 rings (SSSR count). The van der Waals surface area contributed by atoms with Crippen molar-refractivity contribution in [3.63, 3.8) is 0 Å². The Labute approximate surface area is 99.7 Å². The largest absolute Gasteiger partial charge is 0.833 e. The van der Waals surface area contributed by atoms with Gasteiger partial charge in [0.2, 0.25) is 0 Å². The van der Waals surface area contributed by atoms with E-state index < -0.39 is 25.8 Å². The summed E-state index contributed by atoms with van der Waals surface area (Å²) in [6.45, 7) is 14.6. The summed E-state index contributed by atoms with van der Waals surface area (Å²) in [5.74, 6) is 0. The smallest absolute Gasteiger partial charge is 0.338 e. The Morgan fingerprint density at radius 2 is 1.25 bits per heavy atom. The predicted molar refractivity (Wildman–Crippen MR) is 66.1 cm³/mol. The lowest BCUT2D eigenvalue weighted by Gasteiger charge is -2.17. The maximum absolute atomic E-state index is 11.2. The van der Waals surface area contributed by atoms with Gasteiger partial charge in [-0.15, -0.1) is 13.2 Å². The number of rotatable bonds is 8. The molecule has 0 aliphatic carbocycles. The van der Waals surface area contributed by atoms with E-state index in [1.165, 1.54) is 0 Å². The first kappa shape index (κ1) is 15.5. The van der Waals surface area contributed by atoms with Gasteiger partial charge in [-0.05, 0) is 26.2 Å². The summed E-state index contributed by atoms with van der Waals surface area (Å²) in [6, 6.07) is 0. The molecule has 0 N–H and O–H groups in total. The normalized spacial score (nSPS) is 11.8. The Bertz CT molecular complexity index is 251. The Kier molecular flexibility index (Phi) is 6.04. The molecule has 0 aromatic carbocycles. The van der Waals surface area contributed by atoms with E-state index >= 15 is 0 Å². The van der Waals surface area contributed by atoms with Gasteiger partial charge in [-0.3, -0.25) is 4.46 Å². The second-order valence-corrected chi connectivity index (χ2v) is 12.6. The van der Waals surface area contributed by atoms with Gasteiger partial charge in [0.25, 0.3) is 16.6 Å². The van der Waals surface area contributed by atoms with Crippen molar-refractivity contribution in [2.24, 2.45) is 0 Å². The molecule has 5 nitrogen and oxygen atoms in total. The molecule has 0 aromatic rings. The van der Waals surface area contributed by atoms with E-state index in [9.17, 15) is 4.46 Å². The standard InChI is InChI=1S/C8H18O5Si3/c1-7-15(3,4)12-10-14(9)11-13-16(5,6)8-2/h7-8H,1-2H2,3-6H3. The van der Waals surface area contributed by atoms with Gasteiger partial charge in [0, 0.05) is 0 Å². The summed E-state index contributed by atoms with van der Waals surface area (Å²) < 4.78 is 30.4. The van der Waals surface area contributed by atoms with E-state index in [-0.39, 0.29) is 0 Å². The zero-order valence-corrected chi connectivity index (χ0v) is 13.1. The monoisotopic (exact) mass is 278 g/mol. The van der Waals surface area contributed by atoms with E-state index in [0.717, 1.165) is 0 Å². The first-order chi connectivity index (χ1) is 7.22. The van der Waals surface area contributed by atoms with Crippen LogP contribution in [0.2, 0.25) is 26.2 Å². The Hall–Kier alpha value is -0.549. The Balaban J connectivity index is 3.93. The molecule has 0 aliphatic heterocycles. The highest BCUT2D eigenvalue weighted by molar-refractivity contribution is 6.76. The van der Waals surface area contributed by atoms with Gasteiger partial charge in [0.15, 0.2) is 0 Å². The molecule has 0 spiro atoms. The second kappa shape index (κ2) is 6.25. The van der Waals surface area contributed by atoms with Crippen LogP contribution in [-0.2, 0) is 22.8 Å². The van der Waals surface area contributed by atoms with Crippen molar-refractivity contribution in [1.82, 2.24) is 0 Å². The third-order valence-corrected chi connectivity index (χ3v) is 5.40. The van der Waals surface area contributed by atoms with Crippen LogP contribution in [0.1, 0.15) is 0 Å². The van der Waals surface area contributed by atoms with Crippen molar-refractivity contribution in [2.45, 2.75) is 26.2 Å². The highest BCUT2D eigenvalue weighted by Crippen LogP contribution is 2.08. The molecule has 0 aliphatic rings. The third kappa shape index (κ3) is 6.85. The Morgan fingerprint density at radius 3 is 1.50 bits per heavy atom. The lowest BCUT2D eigenvalue weighted by molar-refractivity contribution is -0.204. The van der Waals surface area contributed by atoms with Crippen LogP contribution in [0.4, 0.5) is 0 Å². The van der Waals surface area contributed by atoms with E-state index in [4.69, 9.17) is 9.15 Å². The molecule has 0 bridgehead atoms. The van der Waals surface area contributed by atoms with Crippen molar-refractivity contribution in [3.8, 4) is 0 Å². The minimum Gasteiger partial charge on any atom is -0.338 e. The van der Waals surface area contributed by atoms with Gasteiger partial charge in [-0.1, -0.05) is 11.4 Å². The van der Waals surface area contributed by atoms with Gasteiger partial charge in [0.1, 0.15) is 0 Å². The van der Waals surface area contributed by atoms with Crippen LogP contribution in [0.3, 0.4) is 0 Å². The number of hydrogen-bond donors (Lipinski definition) is 0. The quantitative estimate of drug-likeness (QED) is 0.387. The molecule has 0 unspecified atom stereocenters. The first-order valence-electron chi connectivity index (χ1n) is 4.75. The fourth-order valence-corrected chi connectivity index (χ4v) is 2.79. The SMILES string of the molecule is C=C[Si](C)(C)OO[Si](=O)OO[Si](C)(C)C=C. The van der Waals surface area contributed by atoms with Crippen molar-refractivity contribution in [3.05, 3.63) is 24.6 Å². The van der Waals surface area contributed by atoms with E-state index in [1.807, 2.05) is 26.2 Å². The minimum atomic E-state index is -2.80. The van der Waals surface area contributed by atoms with Crippen LogP contribution in [0, 0.1) is 0 Å². The molecule has 92 valence electrons. The van der Waals surface area contributed by atoms with Gasteiger partial charge < -0.3 is 9.15 Å². The zero-order valence-electron chi connectivity index (χ0n) is 10.1. The minimum absolute atomic E-state index is 1.66. The molecule has 0 amide bonds. The van der Waals surface area contributed by atoms with E-state index in [0.29, 0.717) is 0 Å². The van der Waals surface area contributed by atoms with Crippen LogP contribution in [-0.4, -0.2) is 25.8 Å². The first-order valence-corrected chi connectivity index (χ1v) is 11.9. The van der Waals surface area contributed by atoms with E-state index in [1.54, 1.807) is 11.4 Å². The molecular weight excluding hydrogens is 260 g/mol. The molecule has 16 heavy (non-hydrogen) atoms. The van der Waals surface area contributed by atoms with Crippen LogP contribution < -0.4 is 0 Å². The second-order valence-electron chi connectivity index (χ2n) is 4.20. The summed E-state index contributed by atoms with van der Waals surface area (Å²) in [7, 11) is -7.00.